The molecule has 25 heavy (non-hydrogen) atoms. The number of hydrogen-bond acceptors (Lipinski definition) is 3. The zero-order valence-electron chi connectivity index (χ0n) is 14.1. The maximum Gasteiger partial charge on any atom is 0.326 e. The number of aromatic amines is 1. The van der Waals surface area contributed by atoms with E-state index in [0.29, 0.717) is 23.0 Å². The van der Waals surface area contributed by atoms with E-state index in [4.69, 9.17) is 0 Å². The van der Waals surface area contributed by atoms with Crippen LogP contribution in [0.5, 0.6) is 0 Å². The van der Waals surface area contributed by atoms with Gasteiger partial charge in [0.1, 0.15) is 6.04 Å². The van der Waals surface area contributed by atoms with Gasteiger partial charge in [-0.1, -0.05) is 12.8 Å². The highest BCUT2D eigenvalue weighted by molar-refractivity contribution is 5.99. The van der Waals surface area contributed by atoms with Crippen molar-refractivity contribution in [1.29, 1.82) is 0 Å². The van der Waals surface area contributed by atoms with Crippen LogP contribution >= 0.6 is 0 Å². The van der Waals surface area contributed by atoms with Crippen LogP contribution in [-0.2, 0) is 11.8 Å². The van der Waals surface area contributed by atoms with Gasteiger partial charge in [-0.25, -0.2) is 9.59 Å². The number of carbonyl (C=O) groups excluding carboxylic acids is 1. The number of fused-ring (bicyclic) bond motifs is 2. The number of carbonyl (C=O) groups is 2. The van der Waals surface area contributed by atoms with Crippen molar-refractivity contribution in [2.24, 2.45) is 13.0 Å². The van der Waals surface area contributed by atoms with E-state index in [0.717, 1.165) is 25.7 Å². The number of likely N-dealkylation sites (tertiary alicyclic amines) is 1. The number of amides is 1. The molecule has 2 fully saturated rings. The fourth-order valence-corrected chi connectivity index (χ4v) is 4.48. The fraction of sp³-hybridized carbons (Fsp3) is 0.500. The van der Waals surface area contributed by atoms with E-state index >= 15 is 0 Å². The van der Waals surface area contributed by atoms with Crippen LogP contribution < -0.4 is 5.69 Å². The van der Waals surface area contributed by atoms with Crippen LogP contribution in [0.3, 0.4) is 0 Å². The minimum atomic E-state index is -0.933. The Kier molecular flexibility index (Phi) is 3.67. The molecule has 1 saturated heterocycles. The number of rotatable bonds is 2. The molecule has 7 heteroatoms. The molecule has 1 aliphatic heterocycles. The molecule has 1 aromatic carbocycles. The van der Waals surface area contributed by atoms with Crippen LogP contribution in [0.2, 0.25) is 0 Å². The first-order valence-electron chi connectivity index (χ1n) is 8.71. The van der Waals surface area contributed by atoms with Gasteiger partial charge in [-0.15, -0.1) is 0 Å². The van der Waals surface area contributed by atoms with Crippen molar-refractivity contribution in [3.8, 4) is 0 Å². The Labute approximate surface area is 144 Å². The molecule has 132 valence electrons. The first kappa shape index (κ1) is 15.9. The number of nitrogens with zero attached hydrogens (tertiary/aromatic N) is 2. The van der Waals surface area contributed by atoms with Crippen molar-refractivity contribution in [2.75, 3.05) is 0 Å². The molecule has 0 spiro atoms. The molecule has 2 aliphatic rings. The minimum absolute atomic E-state index is 0.00749. The predicted molar refractivity (Wildman–Crippen MR) is 91.5 cm³/mol. The van der Waals surface area contributed by atoms with Crippen molar-refractivity contribution in [1.82, 2.24) is 14.5 Å². The smallest absolute Gasteiger partial charge is 0.326 e. The predicted octanol–water partition coefficient (Wildman–Crippen LogP) is 1.72. The standard InChI is InChI=1S/C18H21N3O4/c1-20-14-9-11(6-7-12(14)19-18(20)25)16(22)21-13-5-3-2-4-10(13)8-15(21)17(23)24/h6-7,9-10,13,15H,2-5,8H2,1H3,(H,19,25)(H,23,24). The summed E-state index contributed by atoms with van der Waals surface area (Å²) in [5, 5.41) is 9.60. The van der Waals surface area contributed by atoms with Crippen LogP contribution in [0.15, 0.2) is 23.0 Å². The molecule has 1 amide bonds. The van der Waals surface area contributed by atoms with E-state index in [2.05, 4.69) is 4.98 Å². The Morgan fingerprint density at radius 2 is 2.00 bits per heavy atom. The minimum Gasteiger partial charge on any atom is -0.480 e. The lowest BCUT2D eigenvalue weighted by molar-refractivity contribution is -0.141. The molecule has 0 bridgehead atoms. The summed E-state index contributed by atoms with van der Waals surface area (Å²) in [6.07, 6.45) is 4.53. The van der Waals surface area contributed by atoms with Crippen LogP contribution in [-0.4, -0.2) is 43.5 Å². The number of imidazole rings is 1. The topological polar surface area (TPSA) is 95.4 Å². The molecule has 2 heterocycles. The zero-order chi connectivity index (χ0) is 17.7. The van der Waals surface area contributed by atoms with Crippen molar-refractivity contribution in [3.05, 3.63) is 34.2 Å². The molecular formula is C18H21N3O4. The summed E-state index contributed by atoms with van der Waals surface area (Å²) in [6, 6.07) is 4.29. The molecule has 0 radical (unpaired) electrons. The largest absolute Gasteiger partial charge is 0.480 e. The second kappa shape index (κ2) is 5.75. The summed E-state index contributed by atoms with van der Waals surface area (Å²) in [6.45, 7) is 0. The molecule has 1 saturated carbocycles. The molecule has 7 nitrogen and oxygen atoms in total. The number of H-pyrrole nitrogens is 1. The molecular weight excluding hydrogens is 322 g/mol. The van der Waals surface area contributed by atoms with Crippen molar-refractivity contribution in [3.63, 3.8) is 0 Å². The van der Waals surface area contributed by atoms with Gasteiger partial charge in [0, 0.05) is 18.7 Å². The van der Waals surface area contributed by atoms with Crippen LogP contribution in [0.4, 0.5) is 0 Å². The Morgan fingerprint density at radius 3 is 2.76 bits per heavy atom. The Morgan fingerprint density at radius 1 is 1.24 bits per heavy atom. The summed E-state index contributed by atoms with van der Waals surface area (Å²) in [5.41, 5.74) is 1.49. The average Bonchev–Trinajstić information content (AvgIpc) is 3.12. The lowest BCUT2D eigenvalue weighted by atomic mass is 9.84. The third-order valence-electron chi connectivity index (χ3n) is 5.76. The maximum atomic E-state index is 13.1. The molecule has 3 atom stereocenters. The summed E-state index contributed by atoms with van der Waals surface area (Å²) in [7, 11) is 1.64. The SMILES string of the molecule is Cn1c(=O)[nH]c2ccc(C(=O)N3C(C(=O)O)CC4CCCCC43)cc21. The highest BCUT2D eigenvalue weighted by atomic mass is 16.4. The molecule has 1 aromatic heterocycles. The highest BCUT2D eigenvalue weighted by Crippen LogP contribution is 2.40. The number of benzene rings is 1. The molecule has 1 aliphatic carbocycles. The van der Waals surface area contributed by atoms with Crippen molar-refractivity contribution >= 4 is 22.9 Å². The molecule has 4 rings (SSSR count). The number of carboxylic acid groups (broad SMARTS) is 1. The van der Waals surface area contributed by atoms with Crippen molar-refractivity contribution in [2.45, 2.75) is 44.2 Å². The number of aliphatic carboxylic acids is 1. The van der Waals surface area contributed by atoms with Gasteiger partial charge in [-0.05, 0) is 43.4 Å². The second-order valence-corrected chi connectivity index (χ2v) is 7.14. The van der Waals surface area contributed by atoms with E-state index in [1.165, 1.54) is 4.57 Å². The molecule has 2 N–H and O–H groups in total. The highest BCUT2D eigenvalue weighted by Gasteiger charge is 2.47. The number of aryl methyl sites for hydroxylation is 1. The van der Waals surface area contributed by atoms with Gasteiger partial charge in [-0.3, -0.25) is 9.36 Å². The summed E-state index contributed by atoms with van der Waals surface area (Å²) in [4.78, 5) is 40.9. The third-order valence-corrected chi connectivity index (χ3v) is 5.76. The zero-order valence-corrected chi connectivity index (χ0v) is 14.1. The lowest BCUT2D eigenvalue weighted by Crippen LogP contribution is -2.46. The Balaban J connectivity index is 1.74. The van der Waals surface area contributed by atoms with Crippen LogP contribution in [0, 0.1) is 5.92 Å². The number of nitrogens with one attached hydrogen (secondary N) is 1. The van der Waals surface area contributed by atoms with E-state index in [-0.39, 0.29) is 23.6 Å². The van der Waals surface area contributed by atoms with E-state index in [1.807, 2.05) is 0 Å². The van der Waals surface area contributed by atoms with Crippen LogP contribution in [0.25, 0.3) is 11.0 Å². The van der Waals surface area contributed by atoms with Gasteiger partial charge < -0.3 is 15.0 Å². The maximum absolute atomic E-state index is 13.1. The quantitative estimate of drug-likeness (QED) is 0.868. The van der Waals surface area contributed by atoms with E-state index in [1.54, 1.807) is 30.1 Å². The second-order valence-electron chi connectivity index (χ2n) is 7.14. The number of carboxylic acids is 1. The van der Waals surface area contributed by atoms with Gasteiger partial charge in [0.2, 0.25) is 0 Å². The van der Waals surface area contributed by atoms with E-state index < -0.39 is 12.0 Å². The van der Waals surface area contributed by atoms with E-state index in [9.17, 15) is 19.5 Å². The number of aromatic nitrogens is 2. The summed E-state index contributed by atoms with van der Waals surface area (Å²) < 4.78 is 1.45. The lowest BCUT2D eigenvalue weighted by Gasteiger charge is -2.33. The van der Waals surface area contributed by atoms with Gasteiger partial charge >= 0.3 is 11.7 Å². The average molecular weight is 343 g/mol. The Hall–Kier alpha value is -2.57. The first-order valence-corrected chi connectivity index (χ1v) is 8.71. The normalized spacial score (nSPS) is 26.0. The Bertz CT molecular complexity index is 913. The first-order chi connectivity index (χ1) is 12.0. The van der Waals surface area contributed by atoms with Gasteiger partial charge in [0.15, 0.2) is 0 Å². The van der Waals surface area contributed by atoms with Gasteiger partial charge in [0.05, 0.1) is 11.0 Å². The monoisotopic (exact) mass is 343 g/mol. The summed E-state index contributed by atoms with van der Waals surface area (Å²) >= 11 is 0. The molecule has 3 unspecified atom stereocenters. The third kappa shape index (κ3) is 2.45. The van der Waals surface area contributed by atoms with Crippen molar-refractivity contribution < 1.29 is 14.7 Å². The van der Waals surface area contributed by atoms with Crippen LogP contribution in [0.1, 0.15) is 42.5 Å². The van der Waals surface area contributed by atoms with Gasteiger partial charge in [-0.2, -0.15) is 0 Å². The summed E-state index contributed by atoms with van der Waals surface area (Å²) in [5.74, 6) is -0.908. The number of hydrogen-bond donors (Lipinski definition) is 2. The molecule has 2 aromatic rings. The van der Waals surface area contributed by atoms with Gasteiger partial charge in [0.25, 0.3) is 5.91 Å². The fourth-order valence-electron chi connectivity index (χ4n) is 4.48.